The molecule has 2 heterocycles. The van der Waals surface area contributed by atoms with Crippen molar-refractivity contribution in [2.45, 2.75) is 32.9 Å². The van der Waals surface area contributed by atoms with E-state index in [0.717, 1.165) is 62.2 Å². The van der Waals surface area contributed by atoms with Gasteiger partial charge in [-0.2, -0.15) is 5.10 Å². The molecule has 0 spiro atoms. The van der Waals surface area contributed by atoms with Crippen LogP contribution < -0.4 is 15.3 Å². The van der Waals surface area contributed by atoms with E-state index in [9.17, 15) is 4.79 Å². The lowest BCUT2D eigenvalue weighted by Crippen LogP contribution is -2.46. The lowest BCUT2D eigenvalue weighted by Gasteiger charge is -2.36. The van der Waals surface area contributed by atoms with Gasteiger partial charge in [0.05, 0.1) is 6.54 Å². The van der Waals surface area contributed by atoms with Crippen molar-refractivity contribution in [3.63, 3.8) is 0 Å². The van der Waals surface area contributed by atoms with Crippen LogP contribution in [0.15, 0.2) is 59.4 Å². The predicted molar refractivity (Wildman–Crippen MR) is 133 cm³/mol. The first-order chi connectivity index (χ1) is 16.1. The Balaban J connectivity index is 1.27. The quantitative estimate of drug-likeness (QED) is 0.454. The standard InChI is InChI=1S/C25H32ClN5O2/c1-2-31-25(32)30(18-19-33-23-10-4-3-5-11-23)24(27-31)12-7-13-28-14-16-29(17-15-28)22-9-6-8-21(26)20-22/h3-6,8-11,20H,2,7,12-19H2,1H3. The molecule has 8 heteroatoms. The fourth-order valence-electron chi connectivity index (χ4n) is 4.24. The molecular formula is C25H32ClN5O2. The Hall–Kier alpha value is -2.77. The largest absolute Gasteiger partial charge is 0.492 e. The molecule has 0 aliphatic carbocycles. The topological polar surface area (TPSA) is 55.5 Å². The molecule has 0 bridgehead atoms. The molecule has 1 fully saturated rings. The van der Waals surface area contributed by atoms with E-state index in [4.69, 9.17) is 16.3 Å². The van der Waals surface area contributed by atoms with Gasteiger partial charge in [-0.25, -0.2) is 9.48 Å². The van der Waals surface area contributed by atoms with Crippen molar-refractivity contribution < 1.29 is 4.74 Å². The number of piperazine rings is 1. The van der Waals surface area contributed by atoms with Gasteiger partial charge in [0.2, 0.25) is 0 Å². The number of aromatic nitrogens is 3. The molecule has 0 N–H and O–H groups in total. The molecule has 0 atom stereocenters. The molecule has 3 aromatic rings. The number of nitrogens with zero attached hydrogens (tertiary/aromatic N) is 5. The maximum Gasteiger partial charge on any atom is 0.346 e. The Labute approximate surface area is 200 Å². The molecule has 176 valence electrons. The van der Waals surface area contributed by atoms with Gasteiger partial charge < -0.3 is 9.64 Å². The second-order valence-corrected chi connectivity index (χ2v) is 8.68. The molecule has 7 nitrogen and oxygen atoms in total. The van der Waals surface area contributed by atoms with Crippen LogP contribution in [-0.4, -0.2) is 58.6 Å². The van der Waals surface area contributed by atoms with Crippen LogP contribution in [0.25, 0.3) is 0 Å². The number of anilines is 1. The van der Waals surface area contributed by atoms with Gasteiger partial charge in [0.15, 0.2) is 0 Å². The van der Waals surface area contributed by atoms with Crippen LogP contribution in [0.5, 0.6) is 5.75 Å². The second-order valence-electron chi connectivity index (χ2n) is 8.24. The van der Waals surface area contributed by atoms with E-state index in [1.165, 1.54) is 5.69 Å². The summed E-state index contributed by atoms with van der Waals surface area (Å²) in [5.41, 5.74) is 1.13. The molecule has 0 radical (unpaired) electrons. The van der Waals surface area contributed by atoms with E-state index in [2.05, 4.69) is 21.0 Å². The molecule has 1 aliphatic rings. The average molecular weight is 470 g/mol. The summed E-state index contributed by atoms with van der Waals surface area (Å²) in [6.07, 6.45) is 1.75. The van der Waals surface area contributed by atoms with Gasteiger partial charge in [-0.3, -0.25) is 9.47 Å². The van der Waals surface area contributed by atoms with Gasteiger partial charge >= 0.3 is 5.69 Å². The molecule has 0 amide bonds. The Kier molecular flexibility index (Phi) is 8.07. The molecule has 1 saturated heterocycles. The Morgan fingerprint density at radius 1 is 1.00 bits per heavy atom. The van der Waals surface area contributed by atoms with Gasteiger partial charge in [0.1, 0.15) is 18.2 Å². The molecule has 1 aromatic heterocycles. The third kappa shape index (κ3) is 6.18. The highest BCUT2D eigenvalue weighted by Crippen LogP contribution is 2.20. The highest BCUT2D eigenvalue weighted by molar-refractivity contribution is 6.30. The number of halogens is 1. The Morgan fingerprint density at radius 3 is 2.52 bits per heavy atom. The second kappa shape index (κ2) is 11.4. The van der Waals surface area contributed by atoms with Crippen molar-refractivity contribution in [3.05, 3.63) is 75.9 Å². The van der Waals surface area contributed by atoms with Gasteiger partial charge in [-0.05, 0) is 50.2 Å². The van der Waals surface area contributed by atoms with Crippen LogP contribution in [0.1, 0.15) is 19.2 Å². The average Bonchev–Trinajstić information content (AvgIpc) is 3.15. The Morgan fingerprint density at radius 2 is 1.79 bits per heavy atom. The number of rotatable bonds is 10. The summed E-state index contributed by atoms with van der Waals surface area (Å²) in [4.78, 5) is 17.6. The van der Waals surface area contributed by atoms with E-state index in [0.29, 0.717) is 19.7 Å². The summed E-state index contributed by atoms with van der Waals surface area (Å²) < 4.78 is 9.11. The molecule has 0 unspecified atom stereocenters. The van der Waals surface area contributed by atoms with Gasteiger partial charge in [0, 0.05) is 49.9 Å². The van der Waals surface area contributed by atoms with E-state index >= 15 is 0 Å². The summed E-state index contributed by atoms with van der Waals surface area (Å²) in [7, 11) is 0. The molecule has 2 aromatic carbocycles. The van der Waals surface area contributed by atoms with E-state index < -0.39 is 0 Å². The summed E-state index contributed by atoms with van der Waals surface area (Å²) in [5, 5.41) is 5.35. The van der Waals surface area contributed by atoms with Crippen molar-refractivity contribution in [2.75, 3.05) is 44.2 Å². The van der Waals surface area contributed by atoms with Crippen LogP contribution >= 0.6 is 11.6 Å². The highest BCUT2D eigenvalue weighted by atomic mass is 35.5. The molecular weight excluding hydrogens is 438 g/mol. The van der Waals surface area contributed by atoms with Crippen molar-refractivity contribution in [1.29, 1.82) is 0 Å². The maximum atomic E-state index is 12.7. The zero-order valence-corrected chi connectivity index (χ0v) is 20.0. The summed E-state index contributed by atoms with van der Waals surface area (Å²) in [6.45, 7) is 8.49. The highest BCUT2D eigenvalue weighted by Gasteiger charge is 2.18. The Bertz CT molecular complexity index is 1070. The van der Waals surface area contributed by atoms with Crippen LogP contribution in [0.4, 0.5) is 5.69 Å². The van der Waals surface area contributed by atoms with Crippen molar-refractivity contribution >= 4 is 17.3 Å². The van der Waals surface area contributed by atoms with Crippen molar-refractivity contribution in [3.8, 4) is 5.75 Å². The van der Waals surface area contributed by atoms with E-state index in [1.54, 1.807) is 9.25 Å². The predicted octanol–water partition coefficient (Wildman–Crippen LogP) is 3.55. The third-order valence-electron chi connectivity index (χ3n) is 6.05. The minimum atomic E-state index is -0.0562. The number of ether oxygens (including phenoxy) is 1. The zero-order valence-electron chi connectivity index (χ0n) is 19.2. The van der Waals surface area contributed by atoms with Gasteiger partial charge in [-0.1, -0.05) is 35.9 Å². The fourth-order valence-corrected chi connectivity index (χ4v) is 4.42. The number of hydrogen-bond donors (Lipinski definition) is 0. The summed E-state index contributed by atoms with van der Waals surface area (Å²) in [5.74, 6) is 1.66. The lowest BCUT2D eigenvalue weighted by atomic mass is 10.2. The first kappa shape index (κ1) is 23.4. The normalized spacial score (nSPS) is 14.5. The third-order valence-corrected chi connectivity index (χ3v) is 6.28. The smallest absolute Gasteiger partial charge is 0.346 e. The number of benzene rings is 2. The van der Waals surface area contributed by atoms with Gasteiger partial charge in [-0.15, -0.1) is 0 Å². The minimum Gasteiger partial charge on any atom is -0.492 e. The fraction of sp³-hybridized carbons (Fsp3) is 0.440. The number of hydrogen-bond acceptors (Lipinski definition) is 5. The molecule has 1 aliphatic heterocycles. The monoisotopic (exact) mass is 469 g/mol. The maximum absolute atomic E-state index is 12.7. The molecule has 0 saturated carbocycles. The van der Waals surface area contributed by atoms with Crippen molar-refractivity contribution in [1.82, 2.24) is 19.2 Å². The van der Waals surface area contributed by atoms with E-state index in [-0.39, 0.29) is 5.69 Å². The summed E-state index contributed by atoms with van der Waals surface area (Å²) in [6, 6.07) is 17.7. The van der Waals surface area contributed by atoms with Crippen LogP contribution in [0, 0.1) is 0 Å². The van der Waals surface area contributed by atoms with Crippen LogP contribution in [0.2, 0.25) is 5.02 Å². The zero-order chi connectivity index (χ0) is 23.0. The first-order valence-electron chi connectivity index (χ1n) is 11.7. The SMILES string of the molecule is CCn1nc(CCCN2CCN(c3cccc(Cl)c3)CC2)n(CCOc2ccccc2)c1=O. The lowest BCUT2D eigenvalue weighted by molar-refractivity contribution is 0.253. The molecule has 33 heavy (non-hydrogen) atoms. The molecule has 4 rings (SSSR count). The minimum absolute atomic E-state index is 0.0562. The summed E-state index contributed by atoms with van der Waals surface area (Å²) >= 11 is 6.14. The number of aryl methyl sites for hydroxylation is 2. The van der Waals surface area contributed by atoms with Crippen LogP contribution in [0.3, 0.4) is 0 Å². The van der Waals surface area contributed by atoms with Crippen LogP contribution in [-0.2, 0) is 19.5 Å². The van der Waals surface area contributed by atoms with E-state index in [1.807, 2.05) is 55.5 Å². The van der Waals surface area contributed by atoms with Crippen molar-refractivity contribution in [2.24, 2.45) is 0 Å². The van der Waals surface area contributed by atoms with Gasteiger partial charge in [0.25, 0.3) is 0 Å². The first-order valence-corrected chi connectivity index (χ1v) is 12.1. The number of para-hydroxylation sites is 1.